The lowest BCUT2D eigenvalue weighted by Crippen LogP contribution is -1.78. The van der Waals surface area contributed by atoms with Crippen LogP contribution in [0.2, 0.25) is 0 Å². The van der Waals surface area contributed by atoms with Crippen LogP contribution in [0.15, 0.2) is 24.5 Å². The molecule has 0 aliphatic rings. The normalized spacial score (nSPS) is 7.73. The summed E-state index contributed by atoms with van der Waals surface area (Å²) in [5.74, 6) is -0.873. The Kier molecular flexibility index (Phi) is 4.47. The van der Waals surface area contributed by atoms with Crippen LogP contribution in [-0.2, 0) is 9.90 Å². The molecule has 1 radical (unpaired) electrons. The highest BCUT2D eigenvalue weighted by molar-refractivity contribution is 5.62. The van der Waals surface area contributed by atoms with Crippen LogP contribution in [0.3, 0.4) is 0 Å². The van der Waals surface area contributed by atoms with Gasteiger partial charge in [-0.15, -0.1) is 0 Å². The molecule has 1 rings (SSSR count). The highest BCUT2D eigenvalue weighted by atomic mass is 16.4. The first kappa shape index (κ1) is 9.42. The molecule has 0 saturated heterocycles. The van der Waals surface area contributed by atoms with Crippen molar-refractivity contribution < 1.29 is 15.0 Å². The number of aromatic nitrogens is 1. The Labute approximate surface area is 64.1 Å². The summed E-state index contributed by atoms with van der Waals surface area (Å²) < 4.78 is 0. The van der Waals surface area contributed by atoms with Crippen molar-refractivity contribution in [1.82, 2.24) is 4.98 Å². The maximum atomic E-state index is 10.2. The van der Waals surface area contributed by atoms with Crippen LogP contribution in [0, 0.1) is 0 Å². The average Bonchev–Trinajstić information content (AvgIpc) is 1.87. The Morgan fingerprint density at radius 2 is 2.18 bits per heavy atom. The molecule has 0 aliphatic carbocycles. The molecule has 0 unspecified atom stereocenters. The predicted molar refractivity (Wildman–Crippen MR) is 37.7 cm³/mol. The Morgan fingerprint density at radius 1 is 1.64 bits per heavy atom. The van der Waals surface area contributed by atoms with Crippen LogP contribution in [0.4, 0.5) is 0 Å². The van der Waals surface area contributed by atoms with Crippen LogP contribution >= 0.6 is 0 Å². The first-order valence-electron chi connectivity index (χ1n) is 2.89. The summed E-state index contributed by atoms with van der Waals surface area (Å²) in [4.78, 5) is 12.6. The third kappa shape index (κ3) is 8.42. The predicted octanol–water partition coefficient (Wildman–Crippen LogP) is 1.32. The van der Waals surface area contributed by atoms with Gasteiger partial charge in [0.15, 0.2) is 5.75 Å². The molecule has 1 aromatic heterocycles. The van der Waals surface area contributed by atoms with Gasteiger partial charge < -0.3 is 5.11 Å². The van der Waals surface area contributed by atoms with E-state index in [0.29, 0.717) is 0 Å². The van der Waals surface area contributed by atoms with Gasteiger partial charge in [-0.1, -0.05) is 0 Å². The van der Waals surface area contributed by atoms with E-state index in [1.54, 1.807) is 12.3 Å². The summed E-state index contributed by atoms with van der Waals surface area (Å²) in [5, 5.41) is 17.6. The second-order valence-corrected chi connectivity index (χ2v) is 1.71. The number of pyridine rings is 1. The van der Waals surface area contributed by atoms with Gasteiger partial charge in [0.25, 0.3) is 5.97 Å². The van der Waals surface area contributed by atoms with Gasteiger partial charge >= 0.3 is 0 Å². The summed E-state index contributed by atoms with van der Waals surface area (Å²) in [6.07, 6.45) is 2.85. The van der Waals surface area contributed by atoms with E-state index in [9.17, 15) is 5.11 Å². The number of carboxylic acids is 1. The lowest BCUT2D eigenvalue weighted by Gasteiger charge is -1.77. The van der Waals surface area contributed by atoms with Gasteiger partial charge in [-0.25, -0.2) is 0 Å². The fourth-order valence-corrected chi connectivity index (χ4v) is 0.347. The first-order valence-corrected chi connectivity index (χ1v) is 2.89. The molecule has 1 aromatic rings. The zero-order chi connectivity index (χ0) is 8.69. The van der Waals surface area contributed by atoms with Gasteiger partial charge in [0, 0.05) is 13.1 Å². The molecule has 1 N–H and O–H groups in total. The van der Waals surface area contributed by atoms with Crippen molar-refractivity contribution in [3.63, 3.8) is 0 Å². The number of carboxylic acid groups (broad SMARTS) is 1. The van der Waals surface area contributed by atoms with Gasteiger partial charge in [0.05, 0.1) is 6.20 Å². The van der Waals surface area contributed by atoms with Crippen LogP contribution in [0.5, 0.6) is 5.75 Å². The zero-order valence-electron chi connectivity index (χ0n) is 6.02. The number of hydrogen-bond acceptors (Lipinski definition) is 2. The molecule has 59 valence electrons. The van der Waals surface area contributed by atoms with Gasteiger partial charge in [0.2, 0.25) is 0 Å². The van der Waals surface area contributed by atoms with E-state index in [-0.39, 0.29) is 5.75 Å². The quantitative estimate of drug-likeness (QED) is 0.612. The summed E-state index contributed by atoms with van der Waals surface area (Å²) in [5.41, 5.74) is 0. The summed E-state index contributed by atoms with van der Waals surface area (Å²) in [6.45, 7) is 1.08. The van der Waals surface area contributed by atoms with Crippen LogP contribution in [0.1, 0.15) is 6.92 Å². The van der Waals surface area contributed by atoms with Crippen LogP contribution in [-0.4, -0.2) is 16.1 Å². The van der Waals surface area contributed by atoms with Crippen molar-refractivity contribution in [2.75, 3.05) is 0 Å². The number of nitrogens with zero attached hydrogens (tertiary/aromatic N) is 1. The fraction of sp³-hybridized carbons (Fsp3) is 0.143. The summed E-state index contributed by atoms with van der Waals surface area (Å²) in [7, 11) is 0. The molecule has 4 nitrogen and oxygen atoms in total. The molecule has 0 bridgehead atoms. The smallest absolute Gasteiger partial charge is 0.300 e. The lowest BCUT2D eigenvalue weighted by molar-refractivity contribution is -0.134. The molecule has 1 heterocycles. The Morgan fingerprint density at radius 3 is 2.36 bits per heavy atom. The van der Waals surface area contributed by atoms with Crippen molar-refractivity contribution in [3.05, 3.63) is 24.5 Å². The Bertz CT molecular complexity index is 206. The standard InChI is InChI=1S/C5H4NO.C2H4O2/c7-5-2-1-3-6-4-5;1-2(3)4/h1-4H;1H3,(H,3,4). The van der Waals surface area contributed by atoms with Gasteiger partial charge in [0.1, 0.15) is 0 Å². The largest absolute Gasteiger partial charge is 0.481 e. The molecule has 0 spiro atoms. The van der Waals surface area contributed by atoms with Crippen molar-refractivity contribution in [3.8, 4) is 5.75 Å². The third-order valence-corrected chi connectivity index (χ3v) is 0.634. The maximum Gasteiger partial charge on any atom is 0.300 e. The topological polar surface area (TPSA) is 70.1 Å². The molecule has 0 aromatic carbocycles. The molecule has 0 fully saturated rings. The van der Waals surface area contributed by atoms with Crippen molar-refractivity contribution in [1.29, 1.82) is 0 Å². The lowest BCUT2D eigenvalue weighted by atomic mass is 10.5. The molecule has 11 heavy (non-hydrogen) atoms. The van der Waals surface area contributed by atoms with Crippen LogP contribution in [0.25, 0.3) is 0 Å². The van der Waals surface area contributed by atoms with E-state index in [0.717, 1.165) is 6.92 Å². The molecule has 0 atom stereocenters. The second kappa shape index (κ2) is 5.22. The minimum absolute atomic E-state index is 0.0394. The number of carbonyl (C=O) groups is 1. The third-order valence-electron chi connectivity index (χ3n) is 0.634. The van der Waals surface area contributed by atoms with E-state index in [4.69, 9.17) is 9.90 Å². The zero-order valence-corrected chi connectivity index (χ0v) is 6.02. The molecule has 0 amide bonds. The van der Waals surface area contributed by atoms with E-state index >= 15 is 0 Å². The average molecular weight is 154 g/mol. The molecular weight excluding hydrogens is 146 g/mol. The number of rotatable bonds is 0. The fourth-order valence-electron chi connectivity index (χ4n) is 0.347. The minimum Gasteiger partial charge on any atom is -0.481 e. The van der Waals surface area contributed by atoms with E-state index in [2.05, 4.69) is 4.98 Å². The monoisotopic (exact) mass is 154 g/mol. The summed E-state index contributed by atoms with van der Waals surface area (Å²) >= 11 is 0. The van der Waals surface area contributed by atoms with Gasteiger partial charge in [-0.2, -0.15) is 0 Å². The van der Waals surface area contributed by atoms with Gasteiger partial charge in [-0.05, 0) is 12.1 Å². The first-order chi connectivity index (χ1) is 5.13. The molecule has 0 aliphatic heterocycles. The SMILES string of the molecule is CC(=O)O.[O]c1cccnc1. The Hall–Kier alpha value is -1.58. The van der Waals surface area contributed by atoms with Crippen LogP contribution < -0.4 is 0 Å². The number of aliphatic carboxylic acids is 1. The molecule has 0 saturated carbocycles. The van der Waals surface area contributed by atoms with E-state index < -0.39 is 5.97 Å². The summed E-state index contributed by atoms with van der Waals surface area (Å²) in [6, 6.07) is 3.08. The number of hydrogen-bond donors (Lipinski definition) is 1. The highest BCUT2D eigenvalue weighted by Gasteiger charge is 1.80. The van der Waals surface area contributed by atoms with Crippen molar-refractivity contribution >= 4 is 5.97 Å². The van der Waals surface area contributed by atoms with Crippen molar-refractivity contribution in [2.45, 2.75) is 6.92 Å². The minimum atomic E-state index is -0.833. The second-order valence-electron chi connectivity index (χ2n) is 1.71. The maximum absolute atomic E-state index is 10.2. The van der Waals surface area contributed by atoms with Gasteiger partial charge in [-0.3, -0.25) is 14.9 Å². The van der Waals surface area contributed by atoms with E-state index in [1.807, 2.05) is 0 Å². The molecule has 4 heteroatoms. The molecular formula is C7H8NO3. The van der Waals surface area contributed by atoms with E-state index in [1.165, 1.54) is 12.3 Å². The van der Waals surface area contributed by atoms with Crippen molar-refractivity contribution in [2.24, 2.45) is 0 Å². The highest BCUT2D eigenvalue weighted by Crippen LogP contribution is 2.01. The Balaban J connectivity index is 0.000000218.